The number of carbonyl (C=O) groups excluding carboxylic acids is 1. The molecule has 0 heterocycles. The summed E-state index contributed by atoms with van der Waals surface area (Å²) in [4.78, 5) is 24.6. The minimum absolute atomic E-state index is 0.0229. The normalized spacial score (nSPS) is 15.5. The van der Waals surface area contributed by atoms with Gasteiger partial charge in [-0.05, 0) is 59.7 Å². The van der Waals surface area contributed by atoms with Crippen molar-refractivity contribution in [3.05, 3.63) is 106 Å². The molecule has 2 amide bonds. The second kappa shape index (κ2) is 11.9. The van der Waals surface area contributed by atoms with Crippen LogP contribution in [0.4, 0.5) is 22.4 Å². The molecular weight excluding hydrogens is 512 g/mol. The van der Waals surface area contributed by atoms with Crippen molar-refractivity contribution in [3.63, 3.8) is 0 Å². The van der Waals surface area contributed by atoms with Crippen LogP contribution < -0.4 is 10.6 Å². The maximum absolute atomic E-state index is 14.8. The van der Waals surface area contributed by atoms with Crippen LogP contribution in [0.25, 0.3) is 0 Å². The quantitative estimate of drug-likeness (QED) is 0.267. The number of carboxylic acids is 1. The van der Waals surface area contributed by atoms with Gasteiger partial charge in [0.05, 0.1) is 11.1 Å². The van der Waals surface area contributed by atoms with Gasteiger partial charge in [0, 0.05) is 18.9 Å². The summed E-state index contributed by atoms with van der Waals surface area (Å²) in [7, 11) is 0. The fraction of sp³-hybridized carbons (Fsp3) is 0.333. The molecule has 1 unspecified atom stereocenters. The number of urea groups is 1. The van der Waals surface area contributed by atoms with Gasteiger partial charge in [0.2, 0.25) is 0 Å². The number of benzene rings is 3. The van der Waals surface area contributed by atoms with Gasteiger partial charge in [0.1, 0.15) is 5.82 Å². The van der Waals surface area contributed by atoms with Gasteiger partial charge in [-0.1, -0.05) is 67.4 Å². The van der Waals surface area contributed by atoms with Crippen molar-refractivity contribution in [2.24, 2.45) is 0 Å². The Bertz CT molecular complexity index is 1310. The zero-order valence-electron chi connectivity index (χ0n) is 21.2. The number of aliphatic carboxylic acids is 1. The zero-order valence-corrected chi connectivity index (χ0v) is 21.2. The molecule has 0 aliphatic heterocycles. The van der Waals surface area contributed by atoms with Crippen LogP contribution in [0.15, 0.2) is 72.8 Å². The average Bonchev–Trinajstić information content (AvgIpc) is 3.40. The van der Waals surface area contributed by atoms with Crippen LogP contribution in [0, 0.1) is 5.82 Å². The lowest BCUT2D eigenvalue weighted by molar-refractivity contribution is -0.138. The van der Waals surface area contributed by atoms with Gasteiger partial charge in [0.15, 0.2) is 0 Å². The molecule has 206 valence electrons. The Kier molecular flexibility index (Phi) is 8.57. The van der Waals surface area contributed by atoms with Crippen LogP contribution >= 0.6 is 0 Å². The molecule has 0 aromatic heterocycles. The molecule has 1 aliphatic rings. The van der Waals surface area contributed by atoms with Gasteiger partial charge in [-0.3, -0.25) is 4.79 Å². The van der Waals surface area contributed by atoms with Crippen LogP contribution in [0.1, 0.15) is 59.9 Å². The van der Waals surface area contributed by atoms with E-state index in [1.807, 2.05) is 0 Å². The van der Waals surface area contributed by atoms with E-state index in [9.17, 15) is 27.2 Å². The summed E-state index contributed by atoms with van der Waals surface area (Å²) in [5, 5.41) is 15.0. The van der Waals surface area contributed by atoms with Gasteiger partial charge in [-0.15, -0.1) is 0 Å². The fourth-order valence-corrected chi connectivity index (χ4v) is 5.19. The molecule has 5 nitrogen and oxygen atoms in total. The number of hydrogen-bond donors (Lipinski definition) is 3. The minimum atomic E-state index is -4.81. The fourth-order valence-electron chi connectivity index (χ4n) is 5.19. The van der Waals surface area contributed by atoms with E-state index in [2.05, 4.69) is 10.6 Å². The SMILES string of the molecule is O=C(O)CCc1cccc(C(Cc2ccccc2)(NC(=O)NC2CCCC2)c2cc(F)cc(C(F)(F)F)c2)c1. The van der Waals surface area contributed by atoms with Crippen LogP contribution in [-0.4, -0.2) is 23.1 Å². The first-order valence-electron chi connectivity index (χ1n) is 12.9. The number of hydrogen-bond acceptors (Lipinski definition) is 2. The van der Waals surface area contributed by atoms with Crippen LogP contribution in [-0.2, 0) is 29.4 Å². The van der Waals surface area contributed by atoms with Crippen molar-refractivity contribution >= 4 is 12.0 Å². The number of nitrogens with one attached hydrogen (secondary N) is 2. The first kappa shape index (κ1) is 28.1. The van der Waals surface area contributed by atoms with E-state index in [0.717, 1.165) is 37.8 Å². The molecule has 0 spiro atoms. The maximum atomic E-state index is 14.8. The van der Waals surface area contributed by atoms with Gasteiger partial charge in [-0.2, -0.15) is 13.2 Å². The number of carboxylic acid groups (broad SMARTS) is 1. The number of rotatable bonds is 9. The smallest absolute Gasteiger partial charge is 0.416 e. The van der Waals surface area contributed by atoms with E-state index in [1.165, 1.54) is 0 Å². The Hall–Kier alpha value is -3.88. The van der Waals surface area contributed by atoms with Crippen molar-refractivity contribution in [2.45, 2.75) is 62.7 Å². The molecule has 0 saturated heterocycles. The lowest BCUT2D eigenvalue weighted by Gasteiger charge is -2.37. The Morgan fingerprint density at radius 3 is 2.18 bits per heavy atom. The van der Waals surface area contributed by atoms with E-state index in [-0.39, 0.29) is 30.9 Å². The predicted molar refractivity (Wildman–Crippen MR) is 139 cm³/mol. The van der Waals surface area contributed by atoms with Crippen molar-refractivity contribution in [3.8, 4) is 0 Å². The molecule has 9 heteroatoms. The number of carbonyl (C=O) groups is 2. The van der Waals surface area contributed by atoms with E-state index >= 15 is 0 Å². The van der Waals surface area contributed by atoms with Gasteiger partial charge < -0.3 is 15.7 Å². The monoisotopic (exact) mass is 542 g/mol. The highest BCUT2D eigenvalue weighted by Crippen LogP contribution is 2.38. The Morgan fingerprint density at radius 1 is 0.846 bits per heavy atom. The van der Waals surface area contributed by atoms with Gasteiger partial charge in [-0.25, -0.2) is 9.18 Å². The Balaban J connectivity index is 1.90. The van der Waals surface area contributed by atoms with Crippen molar-refractivity contribution in [2.75, 3.05) is 0 Å². The number of amides is 2. The first-order valence-corrected chi connectivity index (χ1v) is 12.9. The van der Waals surface area contributed by atoms with Crippen molar-refractivity contribution in [1.29, 1.82) is 0 Å². The molecular formula is C30H30F4N2O3. The number of alkyl halides is 3. The summed E-state index contributed by atoms with van der Waals surface area (Å²) in [6.45, 7) is 0. The largest absolute Gasteiger partial charge is 0.481 e. The topological polar surface area (TPSA) is 78.4 Å². The number of aryl methyl sites for hydroxylation is 1. The summed E-state index contributed by atoms with van der Waals surface area (Å²) >= 11 is 0. The average molecular weight is 543 g/mol. The lowest BCUT2D eigenvalue weighted by atomic mass is 9.76. The highest BCUT2D eigenvalue weighted by atomic mass is 19.4. The molecule has 39 heavy (non-hydrogen) atoms. The van der Waals surface area contributed by atoms with E-state index < -0.39 is 35.1 Å². The molecule has 3 aromatic rings. The molecule has 1 fully saturated rings. The standard InChI is InChI=1S/C30H30F4N2O3/c31-25-17-23(16-24(18-25)30(32,33)34)29(19-21-7-2-1-3-8-21,36-28(39)35-26-11-4-5-12-26)22-10-6-9-20(15-22)13-14-27(37)38/h1-3,6-10,15-18,26H,4-5,11-14,19H2,(H,37,38)(H2,35,36,39). The molecule has 0 radical (unpaired) electrons. The molecule has 1 aliphatic carbocycles. The van der Waals surface area contributed by atoms with Crippen molar-refractivity contribution < 1.29 is 32.3 Å². The molecule has 1 saturated carbocycles. The second-order valence-electron chi connectivity index (χ2n) is 9.97. The first-order chi connectivity index (χ1) is 18.5. The summed E-state index contributed by atoms with van der Waals surface area (Å²) in [5.74, 6) is -2.08. The maximum Gasteiger partial charge on any atom is 0.416 e. The third-order valence-electron chi connectivity index (χ3n) is 7.09. The Morgan fingerprint density at radius 2 is 1.51 bits per heavy atom. The third-order valence-corrected chi connectivity index (χ3v) is 7.09. The predicted octanol–water partition coefficient (Wildman–Crippen LogP) is 6.59. The van der Waals surface area contributed by atoms with Crippen LogP contribution in [0.3, 0.4) is 0 Å². The molecule has 1 atom stereocenters. The van der Waals surface area contributed by atoms with E-state index in [4.69, 9.17) is 5.11 Å². The van der Waals surface area contributed by atoms with Crippen LogP contribution in [0.2, 0.25) is 0 Å². The summed E-state index contributed by atoms with van der Waals surface area (Å²) in [6, 6.07) is 17.3. The highest BCUT2D eigenvalue weighted by molar-refractivity contribution is 5.76. The van der Waals surface area contributed by atoms with Gasteiger partial charge >= 0.3 is 18.2 Å². The summed E-state index contributed by atoms with van der Waals surface area (Å²) in [6.07, 6.45) is -1.25. The second-order valence-corrected chi connectivity index (χ2v) is 9.97. The lowest BCUT2D eigenvalue weighted by Crippen LogP contribution is -2.53. The highest BCUT2D eigenvalue weighted by Gasteiger charge is 2.40. The van der Waals surface area contributed by atoms with Crippen molar-refractivity contribution in [1.82, 2.24) is 10.6 Å². The number of halogens is 4. The Labute approximate surface area is 224 Å². The van der Waals surface area contributed by atoms with Gasteiger partial charge in [0.25, 0.3) is 0 Å². The minimum Gasteiger partial charge on any atom is -0.481 e. The summed E-state index contributed by atoms with van der Waals surface area (Å²) < 4.78 is 56.3. The molecule has 0 bridgehead atoms. The molecule has 4 rings (SSSR count). The zero-order chi connectivity index (χ0) is 28.0. The van der Waals surface area contributed by atoms with Crippen LogP contribution in [0.5, 0.6) is 0 Å². The van der Waals surface area contributed by atoms with E-state index in [0.29, 0.717) is 22.8 Å². The van der Waals surface area contributed by atoms with E-state index in [1.54, 1.807) is 54.6 Å². The molecule has 3 N–H and O–H groups in total. The third kappa shape index (κ3) is 7.16. The summed E-state index contributed by atoms with van der Waals surface area (Å²) in [5.41, 5.74) is -1.11. The molecule has 3 aromatic carbocycles.